The van der Waals surface area contributed by atoms with E-state index in [1.807, 2.05) is 43.1 Å². The van der Waals surface area contributed by atoms with E-state index in [2.05, 4.69) is 10.4 Å². The summed E-state index contributed by atoms with van der Waals surface area (Å²) >= 11 is 0. The molecule has 0 aliphatic heterocycles. The molecule has 0 unspecified atom stereocenters. The Morgan fingerprint density at radius 2 is 2.25 bits per heavy atom. The highest BCUT2D eigenvalue weighted by atomic mass is 16.5. The van der Waals surface area contributed by atoms with Crippen LogP contribution >= 0.6 is 0 Å². The van der Waals surface area contributed by atoms with Gasteiger partial charge in [0.05, 0.1) is 19.3 Å². The lowest BCUT2D eigenvalue weighted by Gasteiger charge is -2.09. The van der Waals surface area contributed by atoms with Gasteiger partial charge in [-0.2, -0.15) is 5.10 Å². The highest BCUT2D eigenvalue weighted by Crippen LogP contribution is 2.26. The van der Waals surface area contributed by atoms with Gasteiger partial charge in [-0.15, -0.1) is 0 Å². The maximum atomic E-state index is 9.63. The fraction of sp³-hybridized carbons (Fsp3) is 0.400. The summed E-state index contributed by atoms with van der Waals surface area (Å²) in [6.07, 6.45) is 3.88. The summed E-state index contributed by atoms with van der Waals surface area (Å²) in [7, 11) is 0. The molecule has 2 rings (SSSR count). The lowest BCUT2D eigenvalue weighted by molar-refractivity contribution is 0.317. The van der Waals surface area contributed by atoms with Crippen molar-refractivity contribution in [3.8, 4) is 11.5 Å². The first kappa shape index (κ1) is 14.4. The molecule has 20 heavy (non-hydrogen) atoms. The molecule has 5 heteroatoms. The number of nitrogens with one attached hydrogen (secondary N) is 1. The summed E-state index contributed by atoms with van der Waals surface area (Å²) in [5.41, 5.74) is 2.26. The lowest BCUT2D eigenvalue weighted by Crippen LogP contribution is -2.19. The normalized spacial score (nSPS) is 10.7. The van der Waals surface area contributed by atoms with Crippen LogP contribution in [0.2, 0.25) is 0 Å². The van der Waals surface area contributed by atoms with E-state index in [4.69, 9.17) is 4.74 Å². The van der Waals surface area contributed by atoms with E-state index < -0.39 is 0 Å². The van der Waals surface area contributed by atoms with Crippen molar-refractivity contribution in [3.63, 3.8) is 0 Å². The maximum Gasteiger partial charge on any atom is 0.161 e. The van der Waals surface area contributed by atoms with Crippen molar-refractivity contribution in [2.75, 3.05) is 13.2 Å². The third-order valence-corrected chi connectivity index (χ3v) is 2.93. The van der Waals surface area contributed by atoms with Crippen molar-refractivity contribution < 1.29 is 9.84 Å². The number of benzene rings is 1. The molecule has 1 heterocycles. The number of aromatic nitrogens is 2. The van der Waals surface area contributed by atoms with E-state index >= 15 is 0 Å². The van der Waals surface area contributed by atoms with Crippen molar-refractivity contribution in [1.82, 2.24) is 15.1 Å². The monoisotopic (exact) mass is 275 g/mol. The molecule has 0 saturated carbocycles. The second-order valence-corrected chi connectivity index (χ2v) is 4.69. The van der Waals surface area contributed by atoms with Crippen molar-refractivity contribution in [1.29, 1.82) is 0 Å². The van der Waals surface area contributed by atoms with E-state index in [9.17, 15) is 5.11 Å². The topological polar surface area (TPSA) is 59.3 Å². The molecule has 0 fully saturated rings. The minimum Gasteiger partial charge on any atom is -0.504 e. The first-order valence-corrected chi connectivity index (χ1v) is 6.83. The van der Waals surface area contributed by atoms with Crippen molar-refractivity contribution in [3.05, 3.63) is 41.7 Å². The Kier molecular flexibility index (Phi) is 5.01. The van der Waals surface area contributed by atoms with E-state index in [-0.39, 0.29) is 5.75 Å². The van der Waals surface area contributed by atoms with Crippen LogP contribution in [0.5, 0.6) is 11.5 Å². The molecule has 0 radical (unpaired) electrons. The van der Waals surface area contributed by atoms with Gasteiger partial charge < -0.3 is 15.2 Å². The lowest BCUT2D eigenvalue weighted by atomic mass is 10.2. The SMILES string of the molecule is CCOc1cc(CNCCn2cc(C)cn2)ccc1O. The Morgan fingerprint density at radius 3 is 2.95 bits per heavy atom. The van der Waals surface area contributed by atoms with Crippen LogP contribution in [0.15, 0.2) is 30.6 Å². The van der Waals surface area contributed by atoms with Gasteiger partial charge in [0.25, 0.3) is 0 Å². The number of aromatic hydroxyl groups is 1. The molecular weight excluding hydrogens is 254 g/mol. The van der Waals surface area contributed by atoms with E-state index in [0.29, 0.717) is 12.4 Å². The molecule has 108 valence electrons. The zero-order valence-corrected chi connectivity index (χ0v) is 12.0. The summed E-state index contributed by atoms with van der Waals surface area (Å²) < 4.78 is 7.29. The van der Waals surface area contributed by atoms with Crippen LogP contribution in [0.4, 0.5) is 0 Å². The van der Waals surface area contributed by atoms with Gasteiger partial charge in [0, 0.05) is 19.3 Å². The molecule has 5 nitrogen and oxygen atoms in total. The molecule has 0 bridgehead atoms. The Bertz CT molecular complexity index is 552. The Morgan fingerprint density at radius 1 is 1.40 bits per heavy atom. The third kappa shape index (κ3) is 3.99. The minimum atomic E-state index is 0.183. The average molecular weight is 275 g/mol. The first-order valence-electron chi connectivity index (χ1n) is 6.83. The summed E-state index contributed by atoms with van der Waals surface area (Å²) in [5.74, 6) is 0.720. The van der Waals surface area contributed by atoms with Crippen LogP contribution in [-0.4, -0.2) is 28.0 Å². The van der Waals surface area contributed by atoms with Gasteiger partial charge in [0.15, 0.2) is 11.5 Å². The summed E-state index contributed by atoms with van der Waals surface area (Å²) in [5, 5.41) is 17.2. The van der Waals surface area contributed by atoms with Crippen LogP contribution in [-0.2, 0) is 13.1 Å². The number of rotatable bonds is 7. The molecule has 0 atom stereocenters. The highest BCUT2D eigenvalue weighted by Gasteiger charge is 2.03. The van der Waals surface area contributed by atoms with Crippen molar-refractivity contribution in [2.45, 2.75) is 26.9 Å². The molecule has 0 saturated heterocycles. The number of hydrogen-bond donors (Lipinski definition) is 2. The van der Waals surface area contributed by atoms with Gasteiger partial charge in [-0.25, -0.2) is 0 Å². The fourth-order valence-electron chi connectivity index (χ4n) is 1.96. The molecule has 0 amide bonds. The Hall–Kier alpha value is -2.01. The Balaban J connectivity index is 1.80. The van der Waals surface area contributed by atoms with E-state index in [0.717, 1.165) is 25.2 Å². The molecule has 2 aromatic rings. The number of hydrogen-bond acceptors (Lipinski definition) is 4. The highest BCUT2D eigenvalue weighted by molar-refractivity contribution is 5.41. The number of phenols is 1. The van der Waals surface area contributed by atoms with Crippen LogP contribution in [0.25, 0.3) is 0 Å². The average Bonchev–Trinajstić information content (AvgIpc) is 2.84. The first-order chi connectivity index (χ1) is 9.69. The quantitative estimate of drug-likeness (QED) is 0.760. The molecule has 0 aliphatic rings. The van der Waals surface area contributed by atoms with Gasteiger partial charge in [-0.1, -0.05) is 6.07 Å². The number of aryl methyl sites for hydroxylation is 1. The zero-order valence-electron chi connectivity index (χ0n) is 12.0. The fourth-order valence-corrected chi connectivity index (χ4v) is 1.96. The predicted octanol–water partition coefficient (Wildman–Crippen LogP) is 2.09. The largest absolute Gasteiger partial charge is 0.504 e. The number of phenolic OH excluding ortho intramolecular Hbond substituents is 1. The second kappa shape index (κ2) is 6.96. The molecule has 0 aliphatic carbocycles. The minimum absolute atomic E-state index is 0.183. The number of nitrogens with zero attached hydrogens (tertiary/aromatic N) is 2. The van der Waals surface area contributed by atoms with Crippen molar-refractivity contribution >= 4 is 0 Å². The molecule has 0 spiro atoms. The predicted molar refractivity (Wildman–Crippen MR) is 77.9 cm³/mol. The molecule has 2 N–H and O–H groups in total. The van der Waals surface area contributed by atoms with E-state index in [1.165, 1.54) is 5.56 Å². The van der Waals surface area contributed by atoms with Crippen molar-refractivity contribution in [2.24, 2.45) is 0 Å². The summed E-state index contributed by atoms with van der Waals surface area (Å²) in [4.78, 5) is 0. The van der Waals surface area contributed by atoms with Crippen LogP contribution in [0.3, 0.4) is 0 Å². The zero-order chi connectivity index (χ0) is 14.4. The van der Waals surface area contributed by atoms with Gasteiger partial charge >= 0.3 is 0 Å². The van der Waals surface area contributed by atoms with Crippen LogP contribution in [0, 0.1) is 6.92 Å². The number of ether oxygens (including phenoxy) is 1. The third-order valence-electron chi connectivity index (χ3n) is 2.93. The molecule has 1 aromatic carbocycles. The molecular formula is C15H21N3O2. The standard InChI is InChI=1S/C15H21N3O2/c1-3-20-15-8-13(4-5-14(15)19)10-16-6-7-18-11-12(2)9-17-18/h4-5,8-9,11,16,19H,3,6-7,10H2,1-2H3. The van der Waals surface area contributed by atoms with E-state index in [1.54, 1.807) is 6.07 Å². The smallest absolute Gasteiger partial charge is 0.161 e. The van der Waals surface area contributed by atoms with Gasteiger partial charge in [0.1, 0.15) is 0 Å². The van der Waals surface area contributed by atoms with Gasteiger partial charge in [-0.05, 0) is 37.1 Å². The summed E-state index contributed by atoms with van der Waals surface area (Å²) in [6.45, 7) is 6.89. The van der Waals surface area contributed by atoms with Crippen LogP contribution < -0.4 is 10.1 Å². The summed E-state index contributed by atoms with van der Waals surface area (Å²) in [6, 6.07) is 5.42. The second-order valence-electron chi connectivity index (χ2n) is 4.69. The maximum absolute atomic E-state index is 9.63. The molecule has 1 aromatic heterocycles. The van der Waals surface area contributed by atoms with Crippen LogP contribution in [0.1, 0.15) is 18.1 Å². The van der Waals surface area contributed by atoms with Gasteiger partial charge in [0.2, 0.25) is 0 Å². The van der Waals surface area contributed by atoms with Gasteiger partial charge in [-0.3, -0.25) is 4.68 Å². The Labute approximate surface area is 119 Å².